The van der Waals surface area contributed by atoms with E-state index in [-0.39, 0.29) is 30.8 Å². The summed E-state index contributed by atoms with van der Waals surface area (Å²) in [6.07, 6.45) is 4.16. The van der Waals surface area contributed by atoms with Crippen LogP contribution in [0.4, 0.5) is 0 Å². The van der Waals surface area contributed by atoms with Crippen molar-refractivity contribution >= 4 is 5.91 Å². The van der Waals surface area contributed by atoms with Gasteiger partial charge in [-0.3, -0.25) is 4.79 Å². The topological polar surface area (TPSA) is 87.6 Å². The number of primary amides is 1. The number of hydrogen-bond acceptors (Lipinski definition) is 4. The first kappa shape index (κ1) is 13.8. The number of amides is 1. The molecule has 3 unspecified atom stereocenters. The van der Waals surface area contributed by atoms with Crippen molar-refractivity contribution in [3.63, 3.8) is 0 Å². The van der Waals surface area contributed by atoms with Crippen molar-refractivity contribution in [1.82, 2.24) is 0 Å². The minimum absolute atomic E-state index is 0.116. The van der Waals surface area contributed by atoms with Gasteiger partial charge in [0.2, 0.25) is 5.91 Å². The van der Waals surface area contributed by atoms with Gasteiger partial charge in [0.25, 0.3) is 0 Å². The third kappa shape index (κ3) is 3.02. The van der Waals surface area contributed by atoms with Crippen LogP contribution in [0.3, 0.4) is 0 Å². The van der Waals surface area contributed by atoms with Crippen molar-refractivity contribution in [3.05, 3.63) is 0 Å². The van der Waals surface area contributed by atoms with E-state index in [1.54, 1.807) is 0 Å². The summed E-state index contributed by atoms with van der Waals surface area (Å²) in [5.74, 6) is -0.247. The first-order valence-electron chi connectivity index (χ1n) is 6.77. The largest absolute Gasteiger partial charge is 0.376 e. The first-order chi connectivity index (χ1) is 8.41. The average molecular weight is 256 g/mol. The number of rotatable bonds is 5. The minimum atomic E-state index is -0.981. The van der Waals surface area contributed by atoms with E-state index < -0.39 is 11.4 Å². The maximum Gasteiger partial charge on any atom is 0.240 e. The second-order valence-electron chi connectivity index (χ2n) is 5.84. The molecule has 4 N–H and O–H groups in total. The average Bonchev–Trinajstić information content (AvgIpc) is 3.08. The van der Waals surface area contributed by atoms with Gasteiger partial charge >= 0.3 is 0 Å². The van der Waals surface area contributed by atoms with Gasteiger partial charge in [0.1, 0.15) is 5.54 Å². The van der Waals surface area contributed by atoms with Crippen molar-refractivity contribution < 1.29 is 14.3 Å². The maximum absolute atomic E-state index is 11.5. The number of hydrogen-bond donors (Lipinski definition) is 2. The minimum Gasteiger partial charge on any atom is -0.376 e. The zero-order chi connectivity index (χ0) is 13.3. The molecule has 0 aromatic heterocycles. The molecule has 0 aromatic carbocycles. The summed E-state index contributed by atoms with van der Waals surface area (Å²) in [7, 11) is 0. The van der Waals surface area contributed by atoms with Crippen LogP contribution in [0.2, 0.25) is 0 Å². The third-order valence-electron chi connectivity index (χ3n) is 3.98. The van der Waals surface area contributed by atoms with Crippen molar-refractivity contribution in [3.8, 4) is 0 Å². The summed E-state index contributed by atoms with van der Waals surface area (Å²) in [5, 5.41) is 0. The molecule has 1 saturated carbocycles. The molecule has 1 saturated heterocycles. The normalized spacial score (nSPS) is 36.1. The highest BCUT2D eigenvalue weighted by Crippen LogP contribution is 2.38. The Morgan fingerprint density at radius 3 is 2.33 bits per heavy atom. The van der Waals surface area contributed by atoms with Crippen LogP contribution in [0.15, 0.2) is 0 Å². The predicted molar refractivity (Wildman–Crippen MR) is 67.8 cm³/mol. The van der Waals surface area contributed by atoms with E-state index in [4.69, 9.17) is 20.9 Å². The van der Waals surface area contributed by atoms with Crippen LogP contribution in [0.25, 0.3) is 0 Å². The molecule has 18 heavy (non-hydrogen) atoms. The van der Waals surface area contributed by atoms with Crippen LogP contribution >= 0.6 is 0 Å². The molecule has 1 aliphatic heterocycles. The monoisotopic (exact) mass is 256 g/mol. The molecule has 1 amide bonds. The zero-order valence-electron chi connectivity index (χ0n) is 11.2. The van der Waals surface area contributed by atoms with Gasteiger partial charge in [0.15, 0.2) is 0 Å². The fourth-order valence-electron chi connectivity index (χ4n) is 2.72. The quantitative estimate of drug-likeness (QED) is 0.752. The number of carbonyl (C=O) groups excluding carboxylic acids is 1. The van der Waals surface area contributed by atoms with Crippen molar-refractivity contribution in [2.75, 3.05) is 6.61 Å². The molecule has 1 aliphatic carbocycles. The summed E-state index contributed by atoms with van der Waals surface area (Å²) >= 11 is 0. The fourth-order valence-corrected chi connectivity index (χ4v) is 2.72. The summed E-state index contributed by atoms with van der Waals surface area (Å²) in [5.41, 5.74) is 10.5. The Bertz CT molecular complexity index is 309. The van der Waals surface area contributed by atoms with Crippen molar-refractivity contribution in [2.24, 2.45) is 17.4 Å². The second-order valence-corrected chi connectivity index (χ2v) is 5.84. The summed E-state index contributed by atoms with van der Waals surface area (Å²) in [6, 6.07) is 0. The van der Waals surface area contributed by atoms with E-state index in [1.165, 1.54) is 0 Å². The number of nitrogens with two attached hydrogens (primary N) is 2. The predicted octanol–water partition coefficient (Wildman–Crippen LogP) is 0.552. The highest BCUT2D eigenvalue weighted by atomic mass is 16.5. The Hall–Kier alpha value is -0.650. The van der Waals surface area contributed by atoms with E-state index in [0.717, 1.165) is 25.7 Å². The molecule has 2 rings (SSSR count). The van der Waals surface area contributed by atoms with Crippen molar-refractivity contribution in [1.29, 1.82) is 0 Å². The maximum atomic E-state index is 11.5. The molecule has 0 bridgehead atoms. The van der Waals surface area contributed by atoms with Gasteiger partial charge < -0.3 is 20.9 Å². The summed E-state index contributed by atoms with van der Waals surface area (Å²) in [4.78, 5) is 11.5. The lowest BCUT2D eigenvalue weighted by molar-refractivity contribution is -0.133. The van der Waals surface area contributed by atoms with Crippen LogP contribution in [-0.2, 0) is 14.3 Å². The Labute approximate surface area is 108 Å². The zero-order valence-corrected chi connectivity index (χ0v) is 11.2. The van der Waals surface area contributed by atoms with Gasteiger partial charge in [-0.1, -0.05) is 0 Å². The molecule has 0 radical (unpaired) electrons. The number of carbonyl (C=O) groups is 1. The van der Waals surface area contributed by atoms with Gasteiger partial charge in [-0.05, 0) is 45.4 Å². The van der Waals surface area contributed by atoms with Crippen LogP contribution in [0.1, 0.15) is 39.5 Å². The highest BCUT2D eigenvalue weighted by Gasteiger charge is 2.47. The van der Waals surface area contributed by atoms with E-state index in [9.17, 15) is 4.79 Å². The summed E-state index contributed by atoms with van der Waals surface area (Å²) in [6.45, 7) is 4.31. The molecule has 0 aromatic rings. The Kier molecular flexibility index (Phi) is 3.94. The fraction of sp³-hybridized carbons (Fsp3) is 0.923. The van der Waals surface area contributed by atoms with Crippen LogP contribution in [0.5, 0.6) is 0 Å². The highest BCUT2D eigenvalue weighted by molar-refractivity contribution is 5.85. The molecule has 2 fully saturated rings. The van der Waals surface area contributed by atoms with E-state index in [0.29, 0.717) is 0 Å². The molecule has 1 heterocycles. The van der Waals surface area contributed by atoms with Gasteiger partial charge in [-0.2, -0.15) is 0 Å². The van der Waals surface area contributed by atoms with E-state index >= 15 is 0 Å². The van der Waals surface area contributed by atoms with Gasteiger partial charge in [-0.25, -0.2) is 0 Å². The van der Waals surface area contributed by atoms with Gasteiger partial charge in [0, 0.05) is 0 Å². The Balaban J connectivity index is 1.87. The van der Waals surface area contributed by atoms with Crippen molar-refractivity contribution in [2.45, 2.75) is 63.4 Å². The first-order valence-corrected chi connectivity index (χ1v) is 6.77. The smallest absolute Gasteiger partial charge is 0.240 e. The lowest BCUT2D eigenvalue weighted by Crippen LogP contribution is -2.58. The van der Waals surface area contributed by atoms with Crippen LogP contribution < -0.4 is 11.5 Å². The Morgan fingerprint density at radius 1 is 1.33 bits per heavy atom. The second kappa shape index (κ2) is 5.15. The molecule has 104 valence electrons. The molecular weight excluding hydrogens is 232 g/mol. The molecule has 5 heteroatoms. The molecule has 2 aliphatic rings. The van der Waals surface area contributed by atoms with E-state index in [2.05, 4.69) is 0 Å². The SMILES string of the molecule is CC1CC(OCC(N)(C(N)=O)C2CC2)CC(C)O1. The molecule has 0 spiro atoms. The van der Waals surface area contributed by atoms with E-state index in [1.807, 2.05) is 13.8 Å². The third-order valence-corrected chi connectivity index (χ3v) is 3.98. The standard InChI is InChI=1S/C13H24N2O3/c1-8-5-11(6-9(2)18-8)17-7-13(15,12(14)16)10-3-4-10/h8-11H,3-7,15H2,1-2H3,(H2,14,16). The summed E-state index contributed by atoms with van der Waals surface area (Å²) < 4.78 is 11.5. The lowest BCUT2D eigenvalue weighted by atomic mass is 9.94. The van der Waals surface area contributed by atoms with Gasteiger partial charge in [-0.15, -0.1) is 0 Å². The van der Waals surface area contributed by atoms with Crippen LogP contribution in [-0.4, -0.2) is 36.4 Å². The molecule has 5 nitrogen and oxygen atoms in total. The molecule has 3 atom stereocenters. The lowest BCUT2D eigenvalue weighted by Gasteiger charge is -2.34. The van der Waals surface area contributed by atoms with Gasteiger partial charge in [0.05, 0.1) is 24.9 Å². The van der Waals surface area contributed by atoms with Crippen LogP contribution in [0, 0.1) is 5.92 Å². The Morgan fingerprint density at radius 2 is 1.89 bits per heavy atom. The molecular formula is C13H24N2O3. The number of ether oxygens (including phenoxy) is 2.